The summed E-state index contributed by atoms with van der Waals surface area (Å²) in [5.41, 5.74) is 0.825. The second-order valence-electron chi connectivity index (χ2n) is 6.43. The number of nitrogens with zero attached hydrogens (tertiary/aromatic N) is 1. The van der Waals surface area contributed by atoms with Gasteiger partial charge in [0.15, 0.2) is 11.5 Å². The highest BCUT2D eigenvalue weighted by Gasteiger charge is 2.19. The van der Waals surface area contributed by atoms with Gasteiger partial charge in [-0.2, -0.15) is 0 Å². The minimum absolute atomic E-state index is 0.0225. The zero-order valence-electron chi connectivity index (χ0n) is 14.6. The fourth-order valence-electron chi connectivity index (χ4n) is 3.04. The molecular formula is C18H25ClN2O4. The average molecular weight is 369 g/mol. The maximum Gasteiger partial charge on any atom is 0.224 e. The van der Waals surface area contributed by atoms with Gasteiger partial charge in [-0.25, -0.2) is 0 Å². The summed E-state index contributed by atoms with van der Waals surface area (Å²) in [5, 5.41) is 3.49. The first-order valence-corrected chi connectivity index (χ1v) is 9.18. The van der Waals surface area contributed by atoms with Crippen molar-refractivity contribution in [1.82, 2.24) is 10.2 Å². The Morgan fingerprint density at radius 2 is 2.00 bits per heavy atom. The minimum atomic E-state index is -0.0225. The molecule has 1 unspecified atom stereocenters. The van der Waals surface area contributed by atoms with Crippen molar-refractivity contribution in [3.05, 3.63) is 22.7 Å². The largest absolute Gasteiger partial charge is 0.489 e. The van der Waals surface area contributed by atoms with Gasteiger partial charge in [0.05, 0.1) is 37.9 Å². The van der Waals surface area contributed by atoms with Crippen molar-refractivity contribution in [2.75, 3.05) is 46.1 Å². The molecule has 0 aliphatic carbocycles. The lowest BCUT2D eigenvalue weighted by molar-refractivity contribution is -0.120. The van der Waals surface area contributed by atoms with Crippen LogP contribution in [-0.2, 0) is 16.0 Å². The molecule has 0 bridgehead atoms. The number of nitrogens with one attached hydrogen (secondary N) is 1. The van der Waals surface area contributed by atoms with Crippen molar-refractivity contribution in [3.8, 4) is 11.5 Å². The Kier molecular flexibility index (Phi) is 6.39. The Labute approximate surface area is 153 Å². The second kappa shape index (κ2) is 8.74. The Bertz CT molecular complexity index is 605. The van der Waals surface area contributed by atoms with Gasteiger partial charge in [-0.3, -0.25) is 9.69 Å². The van der Waals surface area contributed by atoms with Crippen LogP contribution in [0, 0.1) is 0 Å². The summed E-state index contributed by atoms with van der Waals surface area (Å²) in [5.74, 6) is 1.17. The highest BCUT2D eigenvalue weighted by Crippen LogP contribution is 2.38. The molecule has 3 rings (SSSR count). The van der Waals surface area contributed by atoms with Gasteiger partial charge in [-0.05, 0) is 24.6 Å². The molecule has 0 aromatic heterocycles. The number of rotatable bonds is 5. The maximum absolute atomic E-state index is 12.3. The molecule has 1 saturated heterocycles. The number of fused-ring (bicyclic) bond motifs is 1. The van der Waals surface area contributed by atoms with Gasteiger partial charge in [0.2, 0.25) is 5.91 Å². The van der Waals surface area contributed by atoms with Gasteiger partial charge in [0, 0.05) is 32.1 Å². The van der Waals surface area contributed by atoms with Crippen LogP contribution in [0.15, 0.2) is 12.1 Å². The van der Waals surface area contributed by atoms with E-state index in [0.29, 0.717) is 42.3 Å². The van der Waals surface area contributed by atoms with Crippen LogP contribution in [0.3, 0.4) is 0 Å². The zero-order valence-corrected chi connectivity index (χ0v) is 15.3. The molecule has 6 nitrogen and oxygen atoms in total. The summed E-state index contributed by atoms with van der Waals surface area (Å²) in [7, 11) is 0. The van der Waals surface area contributed by atoms with E-state index in [0.717, 1.165) is 38.3 Å². The lowest BCUT2D eigenvalue weighted by atomic mass is 10.1. The molecule has 138 valence electrons. The van der Waals surface area contributed by atoms with Crippen molar-refractivity contribution < 1.29 is 19.0 Å². The lowest BCUT2D eigenvalue weighted by Crippen LogP contribution is -2.47. The molecule has 0 saturated carbocycles. The van der Waals surface area contributed by atoms with Gasteiger partial charge in [0.25, 0.3) is 0 Å². The summed E-state index contributed by atoms with van der Waals surface area (Å²) in [4.78, 5) is 14.6. The normalized spacial score (nSPS) is 19.1. The van der Waals surface area contributed by atoms with E-state index in [1.54, 1.807) is 6.07 Å². The molecule has 1 atom stereocenters. The third-order valence-electron chi connectivity index (χ3n) is 4.49. The monoisotopic (exact) mass is 368 g/mol. The van der Waals surface area contributed by atoms with E-state index in [-0.39, 0.29) is 12.3 Å². The molecule has 25 heavy (non-hydrogen) atoms. The van der Waals surface area contributed by atoms with Crippen LogP contribution >= 0.6 is 11.6 Å². The van der Waals surface area contributed by atoms with Gasteiger partial charge in [-0.1, -0.05) is 11.6 Å². The number of benzene rings is 1. The third-order valence-corrected chi connectivity index (χ3v) is 4.77. The molecule has 7 heteroatoms. The standard InChI is InChI=1S/C18H25ClN2O4/c1-13(21-3-7-23-8-4-21)12-20-17(22)11-14-9-15(19)18-16(10-14)24-5-2-6-25-18/h9-10,13H,2-8,11-12H2,1H3,(H,20,22). The molecule has 1 aromatic carbocycles. The Balaban J connectivity index is 1.54. The molecule has 0 spiro atoms. The van der Waals surface area contributed by atoms with Crippen molar-refractivity contribution >= 4 is 17.5 Å². The van der Waals surface area contributed by atoms with Crippen LogP contribution in [-0.4, -0.2) is 62.9 Å². The van der Waals surface area contributed by atoms with E-state index in [1.807, 2.05) is 6.07 Å². The Morgan fingerprint density at radius 3 is 2.80 bits per heavy atom. The Morgan fingerprint density at radius 1 is 1.24 bits per heavy atom. The average Bonchev–Trinajstić information content (AvgIpc) is 2.86. The van der Waals surface area contributed by atoms with E-state index < -0.39 is 0 Å². The van der Waals surface area contributed by atoms with Crippen molar-refractivity contribution in [2.45, 2.75) is 25.8 Å². The second-order valence-corrected chi connectivity index (χ2v) is 6.84. The first-order valence-electron chi connectivity index (χ1n) is 8.80. The zero-order chi connectivity index (χ0) is 17.6. The van der Waals surface area contributed by atoms with E-state index in [1.165, 1.54) is 0 Å². The van der Waals surface area contributed by atoms with E-state index in [2.05, 4.69) is 17.1 Å². The quantitative estimate of drug-likeness (QED) is 0.860. The molecule has 1 aromatic rings. The predicted molar refractivity (Wildman–Crippen MR) is 95.6 cm³/mol. The summed E-state index contributed by atoms with van der Waals surface area (Å²) < 4.78 is 16.6. The highest BCUT2D eigenvalue weighted by atomic mass is 35.5. The van der Waals surface area contributed by atoms with Crippen molar-refractivity contribution in [2.24, 2.45) is 0 Å². The fourth-order valence-corrected chi connectivity index (χ4v) is 3.33. The molecule has 1 amide bonds. The van der Waals surface area contributed by atoms with Gasteiger partial charge in [-0.15, -0.1) is 0 Å². The molecular weight excluding hydrogens is 344 g/mol. The summed E-state index contributed by atoms with van der Waals surface area (Å²) >= 11 is 6.28. The molecule has 2 aliphatic heterocycles. The lowest BCUT2D eigenvalue weighted by Gasteiger charge is -2.32. The number of amides is 1. The van der Waals surface area contributed by atoms with E-state index >= 15 is 0 Å². The number of ether oxygens (including phenoxy) is 3. The number of hydrogen-bond acceptors (Lipinski definition) is 5. The molecule has 1 fully saturated rings. The SMILES string of the molecule is CC(CNC(=O)Cc1cc(Cl)c2c(c1)OCCCO2)N1CCOCC1. The van der Waals surface area contributed by atoms with E-state index in [4.69, 9.17) is 25.8 Å². The molecule has 2 heterocycles. The van der Waals surface area contributed by atoms with Crippen molar-refractivity contribution in [3.63, 3.8) is 0 Å². The summed E-state index contributed by atoms with van der Waals surface area (Å²) in [6, 6.07) is 3.91. The number of morpholine rings is 1. The number of hydrogen-bond donors (Lipinski definition) is 1. The van der Waals surface area contributed by atoms with Crippen LogP contribution in [0.1, 0.15) is 18.9 Å². The fraction of sp³-hybridized carbons (Fsp3) is 0.611. The molecule has 2 aliphatic rings. The van der Waals surface area contributed by atoms with Crippen molar-refractivity contribution in [1.29, 1.82) is 0 Å². The van der Waals surface area contributed by atoms with Crippen LogP contribution < -0.4 is 14.8 Å². The smallest absolute Gasteiger partial charge is 0.224 e. The van der Waals surface area contributed by atoms with Gasteiger partial charge < -0.3 is 19.5 Å². The predicted octanol–water partition coefficient (Wildman–Crippen LogP) is 1.88. The first kappa shape index (κ1) is 18.3. The number of halogens is 1. The summed E-state index contributed by atoms with van der Waals surface area (Å²) in [6.07, 6.45) is 1.09. The van der Waals surface area contributed by atoms with Crippen LogP contribution in [0.2, 0.25) is 5.02 Å². The maximum atomic E-state index is 12.3. The topological polar surface area (TPSA) is 60.0 Å². The van der Waals surface area contributed by atoms with E-state index in [9.17, 15) is 4.79 Å². The number of carbonyl (C=O) groups is 1. The van der Waals surface area contributed by atoms with Crippen LogP contribution in [0.5, 0.6) is 11.5 Å². The van der Waals surface area contributed by atoms with Gasteiger partial charge >= 0.3 is 0 Å². The number of carbonyl (C=O) groups excluding carboxylic acids is 1. The molecule has 1 N–H and O–H groups in total. The van der Waals surface area contributed by atoms with Crippen LogP contribution in [0.25, 0.3) is 0 Å². The minimum Gasteiger partial charge on any atom is -0.489 e. The first-order chi connectivity index (χ1) is 12.1. The van der Waals surface area contributed by atoms with Crippen LogP contribution in [0.4, 0.5) is 0 Å². The Hall–Kier alpha value is -1.50. The molecule has 0 radical (unpaired) electrons. The summed E-state index contributed by atoms with van der Waals surface area (Å²) in [6.45, 7) is 7.26. The van der Waals surface area contributed by atoms with Gasteiger partial charge in [0.1, 0.15) is 0 Å². The highest BCUT2D eigenvalue weighted by molar-refractivity contribution is 6.32. The third kappa shape index (κ3) is 5.00.